The molecule has 6 heteroatoms. The second-order valence-corrected chi connectivity index (χ2v) is 8.24. The van der Waals surface area contributed by atoms with Gasteiger partial charge in [0, 0.05) is 37.7 Å². The molecule has 31 heavy (non-hydrogen) atoms. The number of aromatic nitrogens is 2. The molecule has 1 aliphatic rings. The van der Waals surface area contributed by atoms with Gasteiger partial charge in [-0.15, -0.1) is 0 Å². The van der Waals surface area contributed by atoms with Crippen molar-refractivity contribution in [3.63, 3.8) is 0 Å². The van der Waals surface area contributed by atoms with Gasteiger partial charge in [-0.05, 0) is 57.0 Å². The summed E-state index contributed by atoms with van der Waals surface area (Å²) in [6.45, 7) is 10.3. The molecule has 1 unspecified atom stereocenters. The summed E-state index contributed by atoms with van der Waals surface area (Å²) in [7, 11) is 0. The molecular weight excluding hydrogens is 388 g/mol. The van der Waals surface area contributed by atoms with Gasteiger partial charge in [0.05, 0.1) is 11.0 Å². The smallest absolute Gasteiger partial charge is 0.242 e. The molecule has 4 rings (SSSR count). The van der Waals surface area contributed by atoms with Crippen molar-refractivity contribution in [1.82, 2.24) is 14.5 Å². The third-order valence-electron chi connectivity index (χ3n) is 6.45. The van der Waals surface area contributed by atoms with Crippen molar-refractivity contribution in [2.24, 2.45) is 0 Å². The summed E-state index contributed by atoms with van der Waals surface area (Å²) in [5, 5.41) is 0. The lowest BCUT2D eigenvalue weighted by Gasteiger charge is -2.22. The molecule has 0 N–H and O–H groups in total. The first kappa shape index (κ1) is 21.1. The first-order valence-electron chi connectivity index (χ1n) is 11.0. The van der Waals surface area contributed by atoms with Crippen LogP contribution in [-0.4, -0.2) is 45.9 Å². The van der Waals surface area contributed by atoms with E-state index in [1.54, 1.807) is 0 Å². The fourth-order valence-electron chi connectivity index (χ4n) is 4.52. The Balaban J connectivity index is 1.70. The van der Waals surface area contributed by atoms with Crippen LogP contribution in [0.1, 0.15) is 43.1 Å². The number of anilines is 1. The van der Waals surface area contributed by atoms with Crippen molar-refractivity contribution in [3.8, 4) is 0 Å². The number of benzene rings is 2. The van der Waals surface area contributed by atoms with Crippen molar-refractivity contribution >= 4 is 28.5 Å². The molecule has 1 saturated heterocycles. The standard InChI is InChI=1S/C25H30N4O2/c1-5-27(6-2)24(31)16-29-22-12-8-7-11-20(22)26-25(29)19-14-23(30)28(15-19)21-13-9-10-17(3)18(21)4/h7-13,19H,5-6,14-16H2,1-4H3. The van der Waals surface area contributed by atoms with Crippen molar-refractivity contribution in [1.29, 1.82) is 0 Å². The van der Waals surface area contributed by atoms with Gasteiger partial charge >= 0.3 is 0 Å². The number of hydrogen-bond donors (Lipinski definition) is 0. The number of rotatable bonds is 6. The van der Waals surface area contributed by atoms with Gasteiger partial charge in [0.1, 0.15) is 12.4 Å². The summed E-state index contributed by atoms with van der Waals surface area (Å²) in [5.74, 6) is 0.949. The highest BCUT2D eigenvalue weighted by molar-refractivity contribution is 5.97. The van der Waals surface area contributed by atoms with Crippen molar-refractivity contribution in [3.05, 3.63) is 59.4 Å². The maximum atomic E-state index is 13.0. The van der Waals surface area contributed by atoms with Crippen LogP contribution in [0.2, 0.25) is 0 Å². The SMILES string of the molecule is CCN(CC)C(=O)Cn1c(C2CC(=O)N(c3cccc(C)c3C)C2)nc2ccccc21. The lowest BCUT2D eigenvalue weighted by molar-refractivity contribution is -0.131. The van der Waals surface area contributed by atoms with E-state index in [0.717, 1.165) is 28.1 Å². The van der Waals surface area contributed by atoms with Crippen LogP contribution in [0.15, 0.2) is 42.5 Å². The van der Waals surface area contributed by atoms with Crippen molar-refractivity contribution in [2.75, 3.05) is 24.5 Å². The average Bonchev–Trinajstić information content (AvgIpc) is 3.32. The minimum atomic E-state index is -0.0516. The normalized spacial score (nSPS) is 16.3. The lowest BCUT2D eigenvalue weighted by Crippen LogP contribution is -2.34. The van der Waals surface area contributed by atoms with E-state index in [4.69, 9.17) is 4.98 Å². The Hall–Kier alpha value is -3.15. The molecule has 0 saturated carbocycles. The fourth-order valence-corrected chi connectivity index (χ4v) is 4.52. The minimum Gasteiger partial charge on any atom is -0.342 e. The molecule has 3 aromatic rings. The first-order valence-corrected chi connectivity index (χ1v) is 11.0. The summed E-state index contributed by atoms with van der Waals surface area (Å²) in [6, 6.07) is 14.0. The molecule has 6 nitrogen and oxygen atoms in total. The molecule has 0 bridgehead atoms. The number of likely N-dealkylation sites (N-methyl/N-ethyl adjacent to an activating group) is 1. The maximum absolute atomic E-state index is 13.0. The van der Waals surface area contributed by atoms with E-state index in [1.807, 2.05) is 64.6 Å². The number of amides is 2. The Morgan fingerprint density at radius 1 is 1.10 bits per heavy atom. The molecule has 2 aromatic carbocycles. The topological polar surface area (TPSA) is 58.4 Å². The largest absolute Gasteiger partial charge is 0.342 e. The molecule has 0 spiro atoms. The number of fused-ring (bicyclic) bond motifs is 1. The van der Waals surface area contributed by atoms with E-state index in [1.165, 1.54) is 5.56 Å². The summed E-state index contributed by atoms with van der Waals surface area (Å²) in [4.78, 5) is 34.5. The quantitative estimate of drug-likeness (QED) is 0.607. The molecular formula is C25H30N4O2. The van der Waals surface area contributed by atoms with Crippen LogP contribution in [-0.2, 0) is 16.1 Å². The number of para-hydroxylation sites is 2. The number of imidazole rings is 1. The van der Waals surface area contributed by atoms with Gasteiger partial charge in [-0.2, -0.15) is 0 Å². The van der Waals surface area contributed by atoms with Gasteiger partial charge in [-0.3, -0.25) is 9.59 Å². The summed E-state index contributed by atoms with van der Waals surface area (Å²) in [6.07, 6.45) is 0.399. The number of hydrogen-bond acceptors (Lipinski definition) is 3. The van der Waals surface area contributed by atoms with E-state index in [0.29, 0.717) is 26.1 Å². The highest BCUT2D eigenvalue weighted by atomic mass is 16.2. The lowest BCUT2D eigenvalue weighted by atomic mass is 10.1. The zero-order chi connectivity index (χ0) is 22.1. The Morgan fingerprint density at radius 3 is 2.58 bits per heavy atom. The van der Waals surface area contributed by atoms with Crippen LogP contribution < -0.4 is 4.90 Å². The second-order valence-electron chi connectivity index (χ2n) is 8.24. The van der Waals surface area contributed by atoms with Gasteiger partial charge < -0.3 is 14.4 Å². The average molecular weight is 419 g/mol. The molecule has 1 aromatic heterocycles. The fraction of sp³-hybridized carbons (Fsp3) is 0.400. The molecule has 0 aliphatic carbocycles. The molecule has 1 atom stereocenters. The maximum Gasteiger partial charge on any atom is 0.242 e. The molecule has 162 valence electrons. The number of aryl methyl sites for hydroxylation is 1. The minimum absolute atomic E-state index is 0.0516. The third kappa shape index (κ3) is 3.82. The Morgan fingerprint density at radius 2 is 1.84 bits per heavy atom. The molecule has 1 fully saturated rings. The van der Waals surface area contributed by atoms with Gasteiger partial charge in [-0.25, -0.2) is 4.98 Å². The molecule has 2 heterocycles. The van der Waals surface area contributed by atoms with Crippen molar-refractivity contribution < 1.29 is 9.59 Å². The van der Waals surface area contributed by atoms with Crippen LogP contribution in [0.25, 0.3) is 11.0 Å². The molecule has 2 amide bonds. The number of carbonyl (C=O) groups excluding carboxylic acids is 2. The van der Waals surface area contributed by atoms with Gasteiger partial charge in [0.2, 0.25) is 11.8 Å². The van der Waals surface area contributed by atoms with Crippen molar-refractivity contribution in [2.45, 2.75) is 46.6 Å². The highest BCUT2D eigenvalue weighted by Crippen LogP contribution is 2.35. The number of nitrogens with zero attached hydrogens (tertiary/aromatic N) is 4. The van der Waals surface area contributed by atoms with E-state index in [-0.39, 0.29) is 24.3 Å². The summed E-state index contributed by atoms with van der Waals surface area (Å²) < 4.78 is 2.01. The monoisotopic (exact) mass is 418 g/mol. The number of carbonyl (C=O) groups is 2. The van der Waals surface area contributed by atoms with E-state index >= 15 is 0 Å². The van der Waals surface area contributed by atoms with Crippen LogP contribution in [0.5, 0.6) is 0 Å². The van der Waals surface area contributed by atoms with Crippen LogP contribution in [0, 0.1) is 13.8 Å². The Bertz CT molecular complexity index is 1130. The van der Waals surface area contributed by atoms with Gasteiger partial charge in [-0.1, -0.05) is 24.3 Å². The molecule has 1 aliphatic heterocycles. The third-order valence-corrected chi connectivity index (χ3v) is 6.45. The van der Waals surface area contributed by atoms with E-state index < -0.39 is 0 Å². The first-order chi connectivity index (χ1) is 14.9. The predicted molar refractivity (Wildman–Crippen MR) is 123 cm³/mol. The van der Waals surface area contributed by atoms with E-state index in [9.17, 15) is 9.59 Å². The second kappa shape index (κ2) is 8.53. The summed E-state index contributed by atoms with van der Waals surface area (Å²) >= 11 is 0. The Labute approximate surface area is 183 Å². The zero-order valence-corrected chi connectivity index (χ0v) is 18.8. The van der Waals surface area contributed by atoms with Crippen LogP contribution in [0.3, 0.4) is 0 Å². The van der Waals surface area contributed by atoms with Gasteiger partial charge in [0.25, 0.3) is 0 Å². The van der Waals surface area contributed by atoms with Crippen LogP contribution >= 0.6 is 0 Å². The predicted octanol–water partition coefficient (Wildman–Crippen LogP) is 4.04. The summed E-state index contributed by atoms with van der Waals surface area (Å²) in [5.41, 5.74) is 5.07. The highest BCUT2D eigenvalue weighted by Gasteiger charge is 2.35. The molecule has 0 radical (unpaired) electrons. The van der Waals surface area contributed by atoms with E-state index in [2.05, 4.69) is 19.9 Å². The Kier molecular flexibility index (Phi) is 5.81. The van der Waals surface area contributed by atoms with Gasteiger partial charge in [0.15, 0.2) is 0 Å². The van der Waals surface area contributed by atoms with Crippen LogP contribution in [0.4, 0.5) is 5.69 Å². The zero-order valence-electron chi connectivity index (χ0n) is 18.8.